The fraction of sp³-hybridized carbons (Fsp3) is 0.333. The van der Waals surface area contributed by atoms with Crippen molar-refractivity contribution in [2.24, 2.45) is 5.10 Å². The van der Waals surface area contributed by atoms with Crippen LogP contribution in [0.5, 0.6) is 0 Å². The van der Waals surface area contributed by atoms with E-state index >= 15 is 0 Å². The molecular formula is C12H16Cl2CoN6O4S. The Morgan fingerprint density at radius 3 is 2.04 bits per heavy atom. The van der Waals surface area contributed by atoms with Crippen molar-refractivity contribution in [3.63, 3.8) is 0 Å². The SMILES string of the molecule is CS(=O)(=O)OCC(n1cccn1)(n1cccn1)[N+]1=CCC=N1.[Cl-].[Cl-].[Co+2].[OH-]. The topological polar surface area (TPSA) is 124 Å². The van der Waals surface area contributed by atoms with Gasteiger partial charge in [-0.15, -0.1) is 0 Å². The van der Waals surface area contributed by atoms with Gasteiger partial charge >= 0.3 is 22.6 Å². The summed E-state index contributed by atoms with van der Waals surface area (Å²) in [6.07, 6.45) is 11.8. The fourth-order valence-electron chi connectivity index (χ4n) is 2.23. The van der Waals surface area contributed by atoms with Crippen molar-refractivity contribution in [3.05, 3.63) is 36.9 Å². The summed E-state index contributed by atoms with van der Waals surface area (Å²) in [6.45, 7) is -0.233. The number of hydrogen-bond donors (Lipinski definition) is 0. The van der Waals surface area contributed by atoms with Crippen molar-refractivity contribution in [1.82, 2.24) is 19.6 Å². The van der Waals surface area contributed by atoms with Gasteiger partial charge in [0.15, 0.2) is 12.8 Å². The molecule has 0 aliphatic carbocycles. The maximum absolute atomic E-state index is 11.5. The predicted octanol–water partition coefficient (Wildman–Crippen LogP) is -6.48. The van der Waals surface area contributed by atoms with Gasteiger partial charge in [0.25, 0.3) is 10.1 Å². The molecule has 1 aliphatic rings. The van der Waals surface area contributed by atoms with Crippen LogP contribution in [-0.4, -0.2) is 63.4 Å². The van der Waals surface area contributed by atoms with Crippen LogP contribution in [0.15, 0.2) is 42.0 Å². The van der Waals surface area contributed by atoms with Crippen LogP contribution in [0, 0.1) is 0 Å². The van der Waals surface area contributed by atoms with Crippen molar-refractivity contribution in [1.29, 1.82) is 0 Å². The number of aromatic nitrogens is 4. The Balaban J connectivity index is 0. The first kappa shape index (κ1) is 26.9. The van der Waals surface area contributed by atoms with E-state index in [2.05, 4.69) is 15.3 Å². The average Bonchev–Trinajstić information content (AvgIpc) is 3.23. The standard InChI is InChI=1S/C12H15N6O3S.2ClH.Co.H2O/c1-22(19,20)21-11-12(16-8-2-5-13-16,17-9-3-6-14-17)18-10-4-7-15-18;;;;/h2-3,5-10H,4,11H2,1H3;2*1H;;1H2/q+1;;;+2;/p-3. The monoisotopic (exact) mass is 469 g/mol. The van der Waals surface area contributed by atoms with E-state index in [0.717, 1.165) is 6.26 Å². The number of rotatable bonds is 6. The van der Waals surface area contributed by atoms with Gasteiger partial charge in [-0.1, -0.05) is 0 Å². The molecule has 0 unspecified atom stereocenters. The molecule has 0 amide bonds. The average molecular weight is 470 g/mol. The zero-order chi connectivity index (χ0) is 15.6. The van der Waals surface area contributed by atoms with Crippen molar-refractivity contribution >= 4 is 22.5 Å². The minimum atomic E-state index is -3.64. The molecular weight excluding hydrogens is 454 g/mol. The normalized spacial score (nSPS) is 12.9. The summed E-state index contributed by atoms with van der Waals surface area (Å²) in [5, 5.41) is 12.7. The van der Waals surface area contributed by atoms with Gasteiger partial charge in [0.2, 0.25) is 0 Å². The van der Waals surface area contributed by atoms with E-state index in [1.807, 2.05) is 6.21 Å². The van der Waals surface area contributed by atoms with Crippen LogP contribution < -0.4 is 24.8 Å². The van der Waals surface area contributed by atoms with Crippen molar-refractivity contribution < 1.29 is 64.4 Å². The van der Waals surface area contributed by atoms with E-state index in [1.165, 1.54) is 0 Å². The molecule has 0 spiro atoms. The van der Waals surface area contributed by atoms with Gasteiger partial charge in [-0.2, -0.15) is 28.0 Å². The number of hydrogen-bond acceptors (Lipinski definition) is 7. The molecule has 3 rings (SSSR count). The molecule has 0 saturated heterocycles. The minimum absolute atomic E-state index is 0. The molecule has 0 bridgehead atoms. The van der Waals surface area contributed by atoms with E-state index in [9.17, 15) is 8.42 Å². The smallest absolute Gasteiger partial charge is 1.00 e. The summed E-state index contributed by atoms with van der Waals surface area (Å²) in [5.74, 6) is -1.18. The van der Waals surface area contributed by atoms with Gasteiger partial charge < -0.3 is 30.3 Å². The Kier molecular flexibility index (Phi) is 11.2. The molecule has 1 N–H and O–H groups in total. The van der Waals surface area contributed by atoms with Crippen LogP contribution in [0.3, 0.4) is 0 Å². The summed E-state index contributed by atoms with van der Waals surface area (Å²) in [7, 11) is -3.64. The zero-order valence-electron chi connectivity index (χ0n) is 13.4. The van der Waals surface area contributed by atoms with Gasteiger partial charge in [-0.3, -0.25) is 4.18 Å². The van der Waals surface area contributed by atoms with E-state index in [1.54, 1.807) is 57.2 Å². The summed E-state index contributed by atoms with van der Waals surface area (Å²) in [6, 6.07) is 3.47. The Labute approximate surface area is 173 Å². The Bertz CT molecular complexity index is 777. The third-order valence-corrected chi connectivity index (χ3v) is 3.71. The first-order valence-electron chi connectivity index (χ1n) is 6.52. The largest absolute Gasteiger partial charge is 2.00 e. The van der Waals surface area contributed by atoms with Crippen LogP contribution in [0.1, 0.15) is 6.42 Å². The van der Waals surface area contributed by atoms with Crippen molar-refractivity contribution in [2.75, 3.05) is 12.9 Å². The molecule has 10 nitrogen and oxygen atoms in total. The van der Waals surface area contributed by atoms with Gasteiger partial charge in [-0.25, -0.2) is 0 Å². The second-order valence-corrected chi connectivity index (χ2v) is 6.35. The maximum atomic E-state index is 11.5. The van der Waals surface area contributed by atoms with E-state index < -0.39 is 15.9 Å². The van der Waals surface area contributed by atoms with Crippen LogP contribution in [0.4, 0.5) is 0 Å². The summed E-state index contributed by atoms with van der Waals surface area (Å²) in [4.78, 5) is 0. The van der Waals surface area contributed by atoms with Gasteiger partial charge in [0.05, 0.1) is 18.9 Å². The van der Waals surface area contributed by atoms with Crippen molar-refractivity contribution in [3.8, 4) is 0 Å². The number of hydrazone groups is 1. The van der Waals surface area contributed by atoms with Gasteiger partial charge in [0.1, 0.15) is 0 Å². The third-order valence-electron chi connectivity index (χ3n) is 3.17. The Morgan fingerprint density at radius 1 is 1.15 bits per heavy atom. The molecule has 0 fully saturated rings. The molecule has 0 saturated carbocycles. The second-order valence-electron chi connectivity index (χ2n) is 4.70. The molecule has 2 aromatic rings. The molecule has 0 aromatic carbocycles. The van der Waals surface area contributed by atoms with Crippen LogP contribution in [0.2, 0.25) is 0 Å². The van der Waals surface area contributed by atoms with Crippen LogP contribution in [0.25, 0.3) is 0 Å². The second kappa shape index (κ2) is 10.8. The molecule has 2 aromatic heterocycles. The molecule has 147 valence electrons. The fourth-order valence-corrected chi connectivity index (χ4v) is 2.60. The van der Waals surface area contributed by atoms with Gasteiger partial charge in [0, 0.05) is 24.8 Å². The quantitative estimate of drug-likeness (QED) is 0.306. The summed E-state index contributed by atoms with van der Waals surface area (Å²) >= 11 is 0. The molecule has 3 heterocycles. The van der Waals surface area contributed by atoms with Crippen LogP contribution in [-0.2, 0) is 36.9 Å². The Hall–Kier alpha value is -1.28. The maximum Gasteiger partial charge on any atom is 2.00 e. The molecule has 14 heteroatoms. The minimum Gasteiger partial charge on any atom is -1.00 e. The molecule has 0 atom stereocenters. The van der Waals surface area contributed by atoms with Crippen molar-refractivity contribution in [2.45, 2.75) is 12.2 Å². The van der Waals surface area contributed by atoms with E-state index in [4.69, 9.17) is 4.18 Å². The van der Waals surface area contributed by atoms with Crippen LogP contribution >= 0.6 is 0 Å². The first-order chi connectivity index (χ1) is 10.5. The summed E-state index contributed by atoms with van der Waals surface area (Å²) < 4.78 is 32.8. The Morgan fingerprint density at radius 2 is 1.69 bits per heavy atom. The molecule has 1 aliphatic heterocycles. The third kappa shape index (κ3) is 5.36. The van der Waals surface area contributed by atoms with E-state index in [0.29, 0.717) is 6.42 Å². The van der Waals surface area contributed by atoms with Gasteiger partial charge in [-0.05, 0) is 21.9 Å². The molecule has 26 heavy (non-hydrogen) atoms. The number of halogens is 2. The predicted molar refractivity (Wildman–Crippen MR) is 80.0 cm³/mol. The number of nitrogens with zero attached hydrogens (tertiary/aromatic N) is 6. The molecule has 1 radical (unpaired) electrons. The first-order valence-corrected chi connectivity index (χ1v) is 8.34. The summed E-state index contributed by atoms with van der Waals surface area (Å²) in [5.41, 5.74) is 0. The zero-order valence-corrected chi connectivity index (χ0v) is 16.8. The van der Waals surface area contributed by atoms with E-state index in [-0.39, 0.29) is 53.7 Å².